The minimum absolute atomic E-state index is 0.0801. The van der Waals surface area contributed by atoms with Gasteiger partial charge in [0.05, 0.1) is 11.6 Å². The minimum Gasteiger partial charge on any atom is -0.376 e. The number of aromatic nitrogens is 2. The molecule has 2 fully saturated rings. The molecule has 1 aromatic heterocycles. The average molecular weight is 282 g/mol. The normalized spacial score (nSPS) is 30.6. The first-order chi connectivity index (χ1) is 8.99. The third-order valence-corrected chi connectivity index (χ3v) is 4.70. The molecular weight excluding hydrogens is 262 g/mol. The van der Waals surface area contributed by atoms with E-state index >= 15 is 0 Å². The maximum absolute atomic E-state index is 6.24. The van der Waals surface area contributed by atoms with Crippen LogP contribution in [0.25, 0.3) is 0 Å². The second kappa shape index (κ2) is 4.60. The zero-order valence-corrected chi connectivity index (χ0v) is 12.4. The van der Waals surface area contributed by atoms with E-state index in [-0.39, 0.29) is 11.6 Å². The van der Waals surface area contributed by atoms with Gasteiger partial charge in [-0.1, -0.05) is 11.6 Å². The Labute approximate surface area is 118 Å². The van der Waals surface area contributed by atoms with E-state index in [9.17, 15) is 0 Å². The van der Waals surface area contributed by atoms with Gasteiger partial charge in [-0.15, -0.1) is 0 Å². The Morgan fingerprint density at radius 3 is 2.68 bits per heavy atom. The van der Waals surface area contributed by atoms with Crippen LogP contribution in [0.2, 0.25) is 5.15 Å². The predicted molar refractivity (Wildman–Crippen MR) is 75.8 cm³/mol. The molecule has 0 amide bonds. The molecule has 2 heterocycles. The Kier molecular flexibility index (Phi) is 3.18. The Morgan fingerprint density at radius 1 is 1.37 bits per heavy atom. The molecule has 0 aromatic carbocycles. The van der Waals surface area contributed by atoms with Gasteiger partial charge in [0.15, 0.2) is 0 Å². The number of hydrogen-bond donors (Lipinski definition) is 1. The van der Waals surface area contributed by atoms with Gasteiger partial charge in [-0.2, -0.15) is 0 Å². The second-order valence-corrected chi connectivity index (χ2v) is 6.28. The van der Waals surface area contributed by atoms with Crippen molar-refractivity contribution in [2.75, 3.05) is 11.9 Å². The van der Waals surface area contributed by atoms with Gasteiger partial charge >= 0.3 is 0 Å². The molecule has 2 unspecified atom stereocenters. The van der Waals surface area contributed by atoms with E-state index in [0.29, 0.717) is 11.1 Å². The number of nitrogens with zero attached hydrogens (tertiary/aromatic N) is 2. The molecule has 1 saturated heterocycles. The molecule has 19 heavy (non-hydrogen) atoms. The summed E-state index contributed by atoms with van der Waals surface area (Å²) in [4.78, 5) is 9.07. The molecule has 0 spiro atoms. The quantitative estimate of drug-likeness (QED) is 0.864. The van der Waals surface area contributed by atoms with Gasteiger partial charge in [-0.3, -0.25) is 0 Å². The summed E-state index contributed by atoms with van der Waals surface area (Å²) in [6, 6.07) is 0. The molecule has 1 aliphatic heterocycles. The summed E-state index contributed by atoms with van der Waals surface area (Å²) in [5, 5.41) is 4.10. The van der Waals surface area contributed by atoms with Crippen molar-refractivity contribution >= 4 is 17.4 Å². The van der Waals surface area contributed by atoms with Crippen molar-refractivity contribution in [3.05, 3.63) is 16.5 Å². The van der Waals surface area contributed by atoms with Gasteiger partial charge in [0.1, 0.15) is 16.8 Å². The van der Waals surface area contributed by atoms with Gasteiger partial charge in [-0.25, -0.2) is 9.97 Å². The number of rotatable bonds is 3. The molecule has 2 atom stereocenters. The van der Waals surface area contributed by atoms with E-state index in [2.05, 4.69) is 29.1 Å². The lowest BCUT2D eigenvalue weighted by atomic mass is 9.94. The number of hydrogen-bond acceptors (Lipinski definition) is 4. The average Bonchev–Trinajstić information content (AvgIpc) is 3.14. The summed E-state index contributed by atoms with van der Waals surface area (Å²) >= 11 is 6.24. The monoisotopic (exact) mass is 281 g/mol. The van der Waals surface area contributed by atoms with Crippen LogP contribution in [0.15, 0.2) is 0 Å². The summed E-state index contributed by atoms with van der Waals surface area (Å²) < 4.78 is 5.66. The van der Waals surface area contributed by atoms with E-state index in [1.165, 1.54) is 12.8 Å². The van der Waals surface area contributed by atoms with Gasteiger partial charge in [-0.05, 0) is 40.0 Å². The standard InChI is InChI=1S/C14H20ClN3O/c1-8-11(15)16-13(10-4-5-10)17-12(8)18-14(3)6-7-19-9(14)2/h9-10H,4-7H2,1-3H3,(H,16,17,18). The lowest BCUT2D eigenvalue weighted by Crippen LogP contribution is -2.41. The largest absolute Gasteiger partial charge is 0.376 e. The summed E-state index contributed by atoms with van der Waals surface area (Å²) in [6.07, 6.45) is 3.50. The number of nitrogens with one attached hydrogen (secondary N) is 1. The number of anilines is 1. The Morgan fingerprint density at radius 2 is 2.11 bits per heavy atom. The van der Waals surface area contributed by atoms with Crippen molar-refractivity contribution in [3.8, 4) is 0 Å². The van der Waals surface area contributed by atoms with Gasteiger partial charge < -0.3 is 10.1 Å². The lowest BCUT2D eigenvalue weighted by molar-refractivity contribution is 0.105. The smallest absolute Gasteiger partial charge is 0.137 e. The van der Waals surface area contributed by atoms with Crippen LogP contribution in [0, 0.1) is 6.92 Å². The molecular formula is C14H20ClN3O. The molecule has 1 aliphatic carbocycles. The van der Waals surface area contributed by atoms with E-state index in [0.717, 1.165) is 30.2 Å². The van der Waals surface area contributed by atoms with Crippen LogP contribution < -0.4 is 5.32 Å². The minimum atomic E-state index is -0.0801. The third kappa shape index (κ3) is 2.43. The van der Waals surface area contributed by atoms with E-state index < -0.39 is 0 Å². The molecule has 1 N–H and O–H groups in total. The first-order valence-corrected chi connectivity index (χ1v) is 7.31. The fraction of sp³-hybridized carbons (Fsp3) is 0.714. The topological polar surface area (TPSA) is 47.0 Å². The van der Waals surface area contributed by atoms with Crippen molar-refractivity contribution in [1.82, 2.24) is 9.97 Å². The van der Waals surface area contributed by atoms with Crippen LogP contribution in [-0.4, -0.2) is 28.2 Å². The maximum Gasteiger partial charge on any atom is 0.137 e. The van der Waals surface area contributed by atoms with Crippen molar-refractivity contribution in [2.45, 2.75) is 57.6 Å². The Bertz CT molecular complexity index is 504. The number of halogens is 1. The van der Waals surface area contributed by atoms with E-state index in [1.807, 2.05) is 6.92 Å². The van der Waals surface area contributed by atoms with Crippen LogP contribution in [-0.2, 0) is 4.74 Å². The Balaban J connectivity index is 1.91. The van der Waals surface area contributed by atoms with Crippen LogP contribution in [0.1, 0.15) is 50.4 Å². The van der Waals surface area contributed by atoms with Crippen LogP contribution >= 0.6 is 11.6 Å². The highest BCUT2D eigenvalue weighted by atomic mass is 35.5. The Hall–Kier alpha value is -0.870. The predicted octanol–water partition coefficient (Wildman–Crippen LogP) is 3.30. The highest BCUT2D eigenvalue weighted by molar-refractivity contribution is 6.30. The van der Waals surface area contributed by atoms with E-state index in [4.69, 9.17) is 16.3 Å². The first kappa shape index (κ1) is 13.1. The zero-order valence-electron chi connectivity index (χ0n) is 11.7. The molecule has 1 saturated carbocycles. The summed E-state index contributed by atoms with van der Waals surface area (Å²) in [5.74, 6) is 2.25. The van der Waals surface area contributed by atoms with Crippen molar-refractivity contribution in [2.24, 2.45) is 0 Å². The number of ether oxygens (including phenoxy) is 1. The van der Waals surface area contributed by atoms with Crippen LogP contribution in [0.4, 0.5) is 5.82 Å². The van der Waals surface area contributed by atoms with Gasteiger partial charge in [0, 0.05) is 18.1 Å². The first-order valence-electron chi connectivity index (χ1n) is 6.93. The third-order valence-electron chi connectivity index (χ3n) is 4.34. The van der Waals surface area contributed by atoms with Crippen LogP contribution in [0.3, 0.4) is 0 Å². The molecule has 104 valence electrons. The molecule has 2 aliphatic rings. The van der Waals surface area contributed by atoms with Crippen molar-refractivity contribution in [3.63, 3.8) is 0 Å². The van der Waals surface area contributed by atoms with Crippen molar-refractivity contribution in [1.29, 1.82) is 0 Å². The summed E-state index contributed by atoms with van der Waals surface area (Å²) in [5.41, 5.74) is 0.842. The molecule has 4 nitrogen and oxygen atoms in total. The molecule has 0 radical (unpaired) electrons. The second-order valence-electron chi connectivity index (χ2n) is 5.93. The van der Waals surface area contributed by atoms with Gasteiger partial charge in [0.2, 0.25) is 0 Å². The summed E-state index contributed by atoms with van der Waals surface area (Å²) in [6.45, 7) is 7.03. The highest BCUT2D eigenvalue weighted by Crippen LogP contribution is 2.40. The molecule has 5 heteroatoms. The highest BCUT2D eigenvalue weighted by Gasteiger charge is 2.38. The fourth-order valence-corrected chi connectivity index (χ4v) is 2.60. The maximum atomic E-state index is 6.24. The van der Waals surface area contributed by atoms with Gasteiger partial charge in [0.25, 0.3) is 0 Å². The molecule has 3 rings (SSSR count). The molecule has 1 aromatic rings. The summed E-state index contributed by atoms with van der Waals surface area (Å²) in [7, 11) is 0. The van der Waals surface area contributed by atoms with E-state index in [1.54, 1.807) is 0 Å². The molecule has 0 bridgehead atoms. The van der Waals surface area contributed by atoms with Crippen molar-refractivity contribution < 1.29 is 4.74 Å². The zero-order chi connectivity index (χ0) is 13.6. The SMILES string of the molecule is Cc1c(Cl)nc(C2CC2)nc1NC1(C)CCOC1C. The van der Waals surface area contributed by atoms with Crippen LogP contribution in [0.5, 0.6) is 0 Å². The fourth-order valence-electron chi connectivity index (χ4n) is 2.42. The lowest BCUT2D eigenvalue weighted by Gasteiger charge is -2.30.